The molecule has 0 spiro atoms. The van der Waals surface area contributed by atoms with Gasteiger partial charge in [0.2, 0.25) is 0 Å². The van der Waals surface area contributed by atoms with Crippen LogP contribution in [0.4, 0.5) is 5.82 Å². The number of hydrogen-bond acceptors (Lipinski definition) is 6. The first kappa shape index (κ1) is 14.7. The molecule has 2 heterocycles. The minimum Gasteiger partial charge on any atom is -0.370 e. The zero-order valence-corrected chi connectivity index (χ0v) is 12.9. The molecule has 1 N–H and O–H groups in total. The summed E-state index contributed by atoms with van der Waals surface area (Å²) < 4.78 is 0. The molecule has 5 nitrogen and oxygen atoms in total. The average Bonchev–Trinajstić information content (AvgIpc) is 2.44. The highest BCUT2D eigenvalue weighted by atomic mass is 32.2. The first-order valence-corrected chi connectivity index (χ1v) is 7.66. The van der Waals surface area contributed by atoms with Gasteiger partial charge >= 0.3 is 0 Å². The van der Waals surface area contributed by atoms with Gasteiger partial charge in [-0.1, -0.05) is 18.7 Å². The number of nitrogens with zero attached hydrogens (tertiary/aromatic N) is 4. The molecule has 0 amide bonds. The molecule has 0 aliphatic heterocycles. The van der Waals surface area contributed by atoms with E-state index in [2.05, 4.69) is 32.2 Å². The van der Waals surface area contributed by atoms with Gasteiger partial charge in [-0.15, -0.1) is 0 Å². The molecule has 0 radical (unpaired) electrons. The van der Waals surface area contributed by atoms with Gasteiger partial charge in [-0.3, -0.25) is 0 Å². The quantitative estimate of drug-likeness (QED) is 0.651. The second-order valence-electron chi connectivity index (χ2n) is 4.57. The van der Waals surface area contributed by atoms with Crippen LogP contribution >= 0.6 is 11.8 Å². The van der Waals surface area contributed by atoms with Gasteiger partial charge in [-0.05, 0) is 25.8 Å². The van der Waals surface area contributed by atoms with Gasteiger partial charge in [0.1, 0.15) is 11.6 Å². The Labute approximate surface area is 123 Å². The van der Waals surface area contributed by atoms with Gasteiger partial charge < -0.3 is 5.32 Å². The summed E-state index contributed by atoms with van der Waals surface area (Å²) in [6.45, 7) is 7.01. The molecule has 0 bridgehead atoms. The molecule has 2 aromatic heterocycles. The van der Waals surface area contributed by atoms with Crippen LogP contribution in [0.15, 0.2) is 23.6 Å². The van der Waals surface area contributed by atoms with E-state index in [1.54, 1.807) is 11.8 Å². The predicted octanol–water partition coefficient (Wildman–Crippen LogP) is 3.00. The summed E-state index contributed by atoms with van der Waals surface area (Å²) in [6, 6.07) is 1.96. The molecular weight excluding hydrogens is 270 g/mol. The highest BCUT2D eigenvalue weighted by Crippen LogP contribution is 2.18. The first-order chi connectivity index (χ1) is 9.67. The molecule has 0 aliphatic carbocycles. The lowest BCUT2D eigenvalue weighted by Gasteiger charge is -2.07. The second kappa shape index (κ2) is 7.19. The SMILES string of the molecule is CCCNc1cc(C)nc(CSc2ncc(C)cn2)n1. The Morgan fingerprint density at radius 1 is 1.15 bits per heavy atom. The molecule has 0 aliphatic rings. The van der Waals surface area contributed by atoms with E-state index in [0.29, 0.717) is 5.75 Å². The van der Waals surface area contributed by atoms with Gasteiger partial charge in [0.15, 0.2) is 5.16 Å². The van der Waals surface area contributed by atoms with Crippen LogP contribution in [-0.4, -0.2) is 26.5 Å². The fourth-order valence-electron chi connectivity index (χ4n) is 1.62. The van der Waals surface area contributed by atoms with Crippen LogP contribution in [-0.2, 0) is 5.75 Å². The number of nitrogens with one attached hydrogen (secondary N) is 1. The lowest BCUT2D eigenvalue weighted by Crippen LogP contribution is -2.05. The number of aryl methyl sites for hydroxylation is 2. The van der Waals surface area contributed by atoms with Crippen molar-refractivity contribution in [2.24, 2.45) is 0 Å². The van der Waals surface area contributed by atoms with E-state index >= 15 is 0 Å². The van der Waals surface area contributed by atoms with Crippen molar-refractivity contribution in [3.05, 3.63) is 35.5 Å². The Bertz CT molecular complexity index is 556. The van der Waals surface area contributed by atoms with E-state index in [1.165, 1.54) is 0 Å². The van der Waals surface area contributed by atoms with E-state index in [9.17, 15) is 0 Å². The van der Waals surface area contributed by atoms with Crippen LogP contribution in [0.5, 0.6) is 0 Å². The molecule has 20 heavy (non-hydrogen) atoms. The van der Waals surface area contributed by atoms with Crippen molar-refractivity contribution in [1.29, 1.82) is 0 Å². The summed E-state index contributed by atoms with van der Waals surface area (Å²) in [5.74, 6) is 2.36. The summed E-state index contributed by atoms with van der Waals surface area (Å²) in [5.41, 5.74) is 2.03. The van der Waals surface area contributed by atoms with Gasteiger partial charge in [-0.2, -0.15) is 0 Å². The van der Waals surface area contributed by atoms with Gasteiger partial charge in [-0.25, -0.2) is 19.9 Å². The fourth-order valence-corrected chi connectivity index (χ4v) is 2.26. The summed E-state index contributed by atoms with van der Waals surface area (Å²) in [5, 5.41) is 4.04. The maximum Gasteiger partial charge on any atom is 0.187 e. The first-order valence-electron chi connectivity index (χ1n) is 6.67. The monoisotopic (exact) mass is 289 g/mol. The third-order valence-corrected chi connectivity index (χ3v) is 3.42. The highest BCUT2D eigenvalue weighted by Gasteiger charge is 2.04. The van der Waals surface area contributed by atoms with E-state index in [1.807, 2.05) is 32.3 Å². The maximum absolute atomic E-state index is 4.51. The van der Waals surface area contributed by atoms with Crippen LogP contribution in [0.3, 0.4) is 0 Å². The largest absolute Gasteiger partial charge is 0.370 e. The number of hydrogen-bond donors (Lipinski definition) is 1. The van der Waals surface area contributed by atoms with Gasteiger partial charge in [0, 0.05) is 30.7 Å². The van der Waals surface area contributed by atoms with E-state index in [0.717, 1.165) is 41.0 Å². The molecule has 106 valence electrons. The number of aromatic nitrogens is 4. The lowest BCUT2D eigenvalue weighted by molar-refractivity contribution is 0.929. The van der Waals surface area contributed by atoms with Gasteiger partial charge in [0.05, 0.1) is 5.75 Å². The summed E-state index contributed by atoms with van der Waals surface area (Å²) in [6.07, 6.45) is 4.71. The smallest absolute Gasteiger partial charge is 0.187 e. The van der Waals surface area contributed by atoms with Crippen LogP contribution in [0.2, 0.25) is 0 Å². The van der Waals surface area contributed by atoms with Crippen molar-refractivity contribution in [3.8, 4) is 0 Å². The molecule has 2 aromatic rings. The zero-order valence-electron chi connectivity index (χ0n) is 12.1. The molecule has 0 fully saturated rings. The van der Waals surface area contributed by atoms with Crippen LogP contribution in [0.1, 0.15) is 30.4 Å². The summed E-state index contributed by atoms with van der Waals surface area (Å²) >= 11 is 1.55. The molecule has 0 unspecified atom stereocenters. The predicted molar refractivity (Wildman–Crippen MR) is 81.9 cm³/mol. The Hall–Kier alpha value is -1.69. The summed E-state index contributed by atoms with van der Waals surface area (Å²) in [4.78, 5) is 17.5. The minimum absolute atomic E-state index is 0.672. The maximum atomic E-state index is 4.51. The number of anilines is 1. The van der Waals surface area contributed by atoms with Crippen LogP contribution < -0.4 is 5.32 Å². The standard InChI is InChI=1S/C14H19N5S/c1-4-5-15-12-6-11(3)18-13(19-12)9-20-14-16-7-10(2)8-17-14/h6-8H,4-5,9H2,1-3H3,(H,15,18,19). The third kappa shape index (κ3) is 4.45. The van der Waals surface area contributed by atoms with Gasteiger partial charge in [0.25, 0.3) is 0 Å². The Balaban J connectivity index is 2.01. The van der Waals surface area contributed by atoms with Crippen molar-refractivity contribution >= 4 is 17.6 Å². The van der Waals surface area contributed by atoms with Crippen molar-refractivity contribution < 1.29 is 0 Å². The molecule has 0 aromatic carbocycles. The normalized spacial score (nSPS) is 10.6. The molecule has 0 saturated carbocycles. The van der Waals surface area contributed by atoms with Crippen LogP contribution in [0, 0.1) is 13.8 Å². The average molecular weight is 289 g/mol. The van der Waals surface area contributed by atoms with E-state index < -0.39 is 0 Å². The van der Waals surface area contributed by atoms with E-state index in [-0.39, 0.29) is 0 Å². The van der Waals surface area contributed by atoms with Crippen molar-refractivity contribution in [2.75, 3.05) is 11.9 Å². The number of rotatable bonds is 6. The third-order valence-electron chi connectivity index (χ3n) is 2.54. The lowest BCUT2D eigenvalue weighted by atomic mass is 10.4. The highest BCUT2D eigenvalue weighted by molar-refractivity contribution is 7.98. The van der Waals surface area contributed by atoms with Crippen LogP contribution in [0.25, 0.3) is 0 Å². The number of thioether (sulfide) groups is 1. The minimum atomic E-state index is 0.672. The Morgan fingerprint density at radius 2 is 1.90 bits per heavy atom. The van der Waals surface area contributed by atoms with Crippen molar-refractivity contribution in [2.45, 2.75) is 38.1 Å². The topological polar surface area (TPSA) is 63.6 Å². The molecule has 0 saturated heterocycles. The van der Waals surface area contributed by atoms with Crippen molar-refractivity contribution in [3.63, 3.8) is 0 Å². The summed E-state index contributed by atoms with van der Waals surface area (Å²) in [7, 11) is 0. The molecule has 6 heteroatoms. The molecular formula is C14H19N5S. The zero-order chi connectivity index (χ0) is 14.4. The molecule has 2 rings (SSSR count). The second-order valence-corrected chi connectivity index (χ2v) is 5.51. The van der Waals surface area contributed by atoms with Crippen molar-refractivity contribution in [1.82, 2.24) is 19.9 Å². The fraction of sp³-hybridized carbons (Fsp3) is 0.429. The Morgan fingerprint density at radius 3 is 2.60 bits per heavy atom. The Kier molecular flexibility index (Phi) is 5.29. The molecule has 0 atom stereocenters. The van der Waals surface area contributed by atoms with E-state index in [4.69, 9.17) is 0 Å².